The van der Waals surface area contributed by atoms with Crippen molar-refractivity contribution < 1.29 is 0 Å². The highest BCUT2D eigenvalue weighted by molar-refractivity contribution is 14.0. The number of hydrogen-bond donors (Lipinski definition) is 2. The van der Waals surface area contributed by atoms with Gasteiger partial charge in [-0.1, -0.05) is 29.3 Å². The summed E-state index contributed by atoms with van der Waals surface area (Å²) in [7, 11) is 2.13. The van der Waals surface area contributed by atoms with E-state index in [2.05, 4.69) is 22.3 Å². The van der Waals surface area contributed by atoms with E-state index < -0.39 is 0 Å². The molecule has 1 aliphatic rings. The molecular formula is C15H23Cl2IN4. The van der Waals surface area contributed by atoms with Gasteiger partial charge in [-0.25, -0.2) is 0 Å². The SMILES string of the molecule is CC(NC(N)=NCC1CCN(C)C1)c1ccc(Cl)cc1Cl.I. The Kier molecular flexibility index (Phi) is 8.24. The fourth-order valence-corrected chi connectivity index (χ4v) is 3.17. The molecule has 0 radical (unpaired) electrons. The van der Waals surface area contributed by atoms with Gasteiger partial charge in [0.1, 0.15) is 0 Å². The van der Waals surface area contributed by atoms with Crippen LogP contribution in [0.1, 0.15) is 24.9 Å². The van der Waals surface area contributed by atoms with Crippen LogP contribution in [0, 0.1) is 5.92 Å². The van der Waals surface area contributed by atoms with Gasteiger partial charge in [0.15, 0.2) is 5.96 Å². The highest BCUT2D eigenvalue weighted by Gasteiger charge is 2.19. The summed E-state index contributed by atoms with van der Waals surface area (Å²) >= 11 is 12.1. The Bertz CT molecular complexity index is 524. The Balaban J connectivity index is 0.00000242. The molecule has 0 spiro atoms. The highest BCUT2D eigenvalue weighted by atomic mass is 127. The molecule has 124 valence electrons. The number of guanidine groups is 1. The second-order valence-electron chi connectivity index (χ2n) is 5.67. The summed E-state index contributed by atoms with van der Waals surface area (Å²) in [5, 5.41) is 4.44. The van der Waals surface area contributed by atoms with Crippen molar-refractivity contribution in [1.29, 1.82) is 0 Å². The Labute approximate surface area is 159 Å². The van der Waals surface area contributed by atoms with Gasteiger partial charge in [0.2, 0.25) is 0 Å². The molecule has 22 heavy (non-hydrogen) atoms. The monoisotopic (exact) mass is 456 g/mol. The quantitative estimate of drug-likeness (QED) is 0.414. The van der Waals surface area contributed by atoms with Gasteiger partial charge >= 0.3 is 0 Å². The number of halogens is 3. The van der Waals surface area contributed by atoms with Crippen molar-refractivity contribution >= 4 is 53.1 Å². The molecule has 1 aromatic carbocycles. The Morgan fingerprint density at radius 3 is 2.82 bits per heavy atom. The van der Waals surface area contributed by atoms with Crippen molar-refractivity contribution in [2.45, 2.75) is 19.4 Å². The van der Waals surface area contributed by atoms with E-state index in [0.717, 1.165) is 25.2 Å². The summed E-state index contributed by atoms with van der Waals surface area (Å²) in [4.78, 5) is 6.76. The lowest BCUT2D eigenvalue weighted by Crippen LogP contribution is -2.34. The lowest BCUT2D eigenvalue weighted by molar-refractivity contribution is 0.397. The zero-order chi connectivity index (χ0) is 15.4. The first-order valence-electron chi connectivity index (χ1n) is 7.15. The van der Waals surface area contributed by atoms with E-state index in [9.17, 15) is 0 Å². The average molecular weight is 457 g/mol. The van der Waals surface area contributed by atoms with Gasteiger partial charge in [-0.15, -0.1) is 24.0 Å². The molecule has 2 atom stereocenters. The van der Waals surface area contributed by atoms with Gasteiger partial charge < -0.3 is 16.0 Å². The molecule has 2 rings (SSSR count). The summed E-state index contributed by atoms with van der Waals surface area (Å²) in [6, 6.07) is 5.45. The fourth-order valence-electron chi connectivity index (χ4n) is 2.60. The van der Waals surface area contributed by atoms with Gasteiger partial charge in [0, 0.05) is 23.1 Å². The summed E-state index contributed by atoms with van der Waals surface area (Å²) in [6.07, 6.45) is 1.19. The van der Waals surface area contributed by atoms with Gasteiger partial charge in [-0.2, -0.15) is 0 Å². The van der Waals surface area contributed by atoms with Crippen LogP contribution >= 0.6 is 47.2 Å². The van der Waals surface area contributed by atoms with Crippen LogP contribution in [0.15, 0.2) is 23.2 Å². The van der Waals surface area contributed by atoms with Crippen LogP contribution in [-0.4, -0.2) is 37.5 Å². The third-order valence-electron chi connectivity index (χ3n) is 3.80. The lowest BCUT2D eigenvalue weighted by Gasteiger charge is -2.17. The van der Waals surface area contributed by atoms with E-state index in [1.54, 1.807) is 6.07 Å². The smallest absolute Gasteiger partial charge is 0.189 e. The third-order valence-corrected chi connectivity index (χ3v) is 4.36. The number of nitrogens with zero attached hydrogens (tertiary/aromatic N) is 2. The summed E-state index contributed by atoms with van der Waals surface area (Å²) in [5.41, 5.74) is 6.92. The van der Waals surface area contributed by atoms with Gasteiger partial charge in [-0.05, 0) is 50.6 Å². The van der Waals surface area contributed by atoms with Crippen LogP contribution in [0.5, 0.6) is 0 Å². The highest BCUT2D eigenvalue weighted by Crippen LogP contribution is 2.25. The first-order chi connectivity index (χ1) is 9.95. The summed E-state index contributed by atoms with van der Waals surface area (Å²) in [6.45, 7) is 5.00. The standard InChI is InChI=1S/C15H22Cl2N4.HI/c1-10(13-4-3-12(16)7-14(13)17)20-15(18)19-8-11-5-6-21(2)9-11;/h3-4,7,10-11H,5-6,8-9H2,1-2H3,(H3,18,19,20);1H. The van der Waals surface area contributed by atoms with Crippen molar-refractivity contribution in [3.63, 3.8) is 0 Å². The molecule has 1 aromatic rings. The van der Waals surface area contributed by atoms with Gasteiger partial charge in [0.05, 0.1) is 6.04 Å². The zero-order valence-corrected chi connectivity index (χ0v) is 16.7. The van der Waals surface area contributed by atoms with E-state index >= 15 is 0 Å². The van der Waals surface area contributed by atoms with E-state index in [-0.39, 0.29) is 30.0 Å². The van der Waals surface area contributed by atoms with Crippen LogP contribution in [0.25, 0.3) is 0 Å². The Hall–Kier alpha value is -0.240. The minimum atomic E-state index is -0.00947. The second kappa shape index (κ2) is 9.15. The van der Waals surface area contributed by atoms with Crippen LogP contribution in [-0.2, 0) is 0 Å². The molecule has 0 bridgehead atoms. The first kappa shape index (κ1) is 19.8. The number of hydrogen-bond acceptors (Lipinski definition) is 2. The van der Waals surface area contributed by atoms with Crippen molar-refractivity contribution in [3.05, 3.63) is 33.8 Å². The summed E-state index contributed by atoms with van der Waals surface area (Å²) < 4.78 is 0. The van der Waals surface area contributed by atoms with Crippen LogP contribution < -0.4 is 11.1 Å². The molecule has 3 N–H and O–H groups in total. The fraction of sp³-hybridized carbons (Fsp3) is 0.533. The van der Waals surface area contributed by atoms with E-state index in [0.29, 0.717) is 21.9 Å². The maximum absolute atomic E-state index is 6.19. The molecule has 2 unspecified atom stereocenters. The second-order valence-corrected chi connectivity index (χ2v) is 6.52. The Morgan fingerprint density at radius 2 is 2.23 bits per heavy atom. The minimum absolute atomic E-state index is 0. The lowest BCUT2D eigenvalue weighted by atomic mass is 10.1. The van der Waals surface area contributed by atoms with Crippen molar-refractivity contribution in [2.24, 2.45) is 16.6 Å². The topological polar surface area (TPSA) is 53.6 Å². The molecule has 7 heteroatoms. The summed E-state index contributed by atoms with van der Waals surface area (Å²) in [5.74, 6) is 1.06. The maximum Gasteiger partial charge on any atom is 0.189 e. The van der Waals surface area contributed by atoms with Gasteiger partial charge in [-0.3, -0.25) is 4.99 Å². The molecule has 1 fully saturated rings. The van der Waals surface area contributed by atoms with Crippen LogP contribution in [0.3, 0.4) is 0 Å². The number of rotatable bonds is 4. The Morgan fingerprint density at radius 1 is 1.50 bits per heavy atom. The predicted molar refractivity (Wildman–Crippen MR) is 106 cm³/mol. The third kappa shape index (κ3) is 5.76. The van der Waals surface area contributed by atoms with Crippen LogP contribution in [0.2, 0.25) is 10.0 Å². The first-order valence-corrected chi connectivity index (χ1v) is 7.91. The molecule has 1 heterocycles. The average Bonchev–Trinajstić information content (AvgIpc) is 2.82. The predicted octanol–water partition coefficient (Wildman–Crippen LogP) is 3.53. The van der Waals surface area contributed by atoms with E-state index in [1.165, 1.54) is 6.42 Å². The molecule has 0 aliphatic carbocycles. The maximum atomic E-state index is 6.19. The van der Waals surface area contributed by atoms with Crippen molar-refractivity contribution in [1.82, 2.24) is 10.2 Å². The largest absolute Gasteiger partial charge is 0.370 e. The van der Waals surface area contributed by atoms with E-state index in [4.69, 9.17) is 28.9 Å². The molecular weight excluding hydrogens is 434 g/mol. The minimum Gasteiger partial charge on any atom is -0.370 e. The van der Waals surface area contributed by atoms with Crippen LogP contribution in [0.4, 0.5) is 0 Å². The number of benzene rings is 1. The van der Waals surface area contributed by atoms with E-state index in [1.807, 2.05) is 19.1 Å². The molecule has 0 saturated carbocycles. The molecule has 4 nitrogen and oxygen atoms in total. The molecule has 0 amide bonds. The van der Waals surface area contributed by atoms with Crippen molar-refractivity contribution in [2.75, 3.05) is 26.7 Å². The number of likely N-dealkylation sites (tertiary alicyclic amines) is 1. The zero-order valence-electron chi connectivity index (χ0n) is 12.9. The number of nitrogens with two attached hydrogens (primary N) is 1. The molecule has 1 saturated heterocycles. The number of nitrogens with one attached hydrogen (secondary N) is 1. The molecule has 0 aromatic heterocycles. The normalized spacial score (nSPS) is 20.5. The van der Waals surface area contributed by atoms with Gasteiger partial charge in [0.25, 0.3) is 0 Å². The molecule has 1 aliphatic heterocycles. The number of aliphatic imine (C=N–C) groups is 1. The van der Waals surface area contributed by atoms with Crippen molar-refractivity contribution in [3.8, 4) is 0 Å².